The van der Waals surface area contributed by atoms with Crippen molar-refractivity contribution in [2.75, 3.05) is 40.3 Å². The van der Waals surface area contributed by atoms with E-state index >= 15 is 0 Å². The molecule has 0 fully saturated rings. The molecule has 0 rings (SSSR count). The normalized spacial score (nSPS) is 10.8. The number of hydrogen-bond donors (Lipinski definition) is 2. The summed E-state index contributed by atoms with van der Waals surface area (Å²) >= 11 is 0. The second-order valence-electron chi connectivity index (χ2n) is 2.96. The lowest BCUT2D eigenvalue weighted by Crippen LogP contribution is -3.00. The van der Waals surface area contributed by atoms with Crippen LogP contribution in [0, 0.1) is 0 Å². The fourth-order valence-electron chi connectivity index (χ4n) is 0.811. The fraction of sp³-hybridized carbons (Fsp3) is 1.00. The van der Waals surface area contributed by atoms with Crippen molar-refractivity contribution in [2.24, 2.45) is 11.5 Å². The maximum atomic E-state index is 5.39. The molecule has 64 valence electrons. The average molecular weight is 212 g/mol. The van der Waals surface area contributed by atoms with E-state index in [0.29, 0.717) is 0 Å². The van der Waals surface area contributed by atoms with E-state index < -0.39 is 0 Å². The largest absolute Gasteiger partial charge is 1.00 e. The zero-order chi connectivity index (χ0) is 7.33. The molecule has 0 aromatic heterocycles. The quantitative estimate of drug-likeness (QED) is 0.466. The van der Waals surface area contributed by atoms with Crippen LogP contribution in [-0.2, 0) is 0 Å². The summed E-state index contributed by atoms with van der Waals surface area (Å²) in [7, 11) is 4.28. The second-order valence-corrected chi connectivity index (χ2v) is 2.96. The van der Waals surface area contributed by atoms with Crippen LogP contribution in [0.1, 0.15) is 0 Å². The minimum Gasteiger partial charge on any atom is -1.00 e. The number of quaternary nitrogens is 1. The van der Waals surface area contributed by atoms with Crippen LogP contribution in [0.25, 0.3) is 0 Å². The van der Waals surface area contributed by atoms with E-state index in [9.17, 15) is 0 Å². The molecule has 0 bridgehead atoms. The SMILES string of the molecule is C[N+](C)(CCN)CCN.[Br-]. The lowest BCUT2D eigenvalue weighted by molar-refractivity contribution is -0.887. The van der Waals surface area contributed by atoms with Gasteiger partial charge >= 0.3 is 0 Å². The van der Waals surface area contributed by atoms with Gasteiger partial charge in [0, 0.05) is 13.1 Å². The molecule has 10 heavy (non-hydrogen) atoms. The molecular weight excluding hydrogens is 194 g/mol. The smallest absolute Gasteiger partial charge is 0.0907 e. The van der Waals surface area contributed by atoms with Crippen molar-refractivity contribution in [3.8, 4) is 0 Å². The van der Waals surface area contributed by atoms with Crippen LogP contribution in [0.4, 0.5) is 0 Å². The summed E-state index contributed by atoms with van der Waals surface area (Å²) in [4.78, 5) is 0. The van der Waals surface area contributed by atoms with Crippen LogP contribution < -0.4 is 28.4 Å². The number of halogens is 1. The molecule has 0 heterocycles. The number of nitrogens with zero attached hydrogens (tertiary/aromatic N) is 1. The topological polar surface area (TPSA) is 52.0 Å². The first-order valence-electron chi connectivity index (χ1n) is 3.34. The monoisotopic (exact) mass is 211 g/mol. The van der Waals surface area contributed by atoms with Gasteiger partial charge in [-0.25, -0.2) is 0 Å². The van der Waals surface area contributed by atoms with Gasteiger partial charge in [0.05, 0.1) is 27.2 Å². The van der Waals surface area contributed by atoms with Gasteiger partial charge in [0.2, 0.25) is 0 Å². The van der Waals surface area contributed by atoms with Crippen LogP contribution in [-0.4, -0.2) is 44.8 Å². The van der Waals surface area contributed by atoms with Crippen molar-refractivity contribution < 1.29 is 21.5 Å². The van der Waals surface area contributed by atoms with Gasteiger partial charge in [-0.3, -0.25) is 0 Å². The molecule has 4 heteroatoms. The second kappa shape index (κ2) is 6.09. The number of likely N-dealkylation sites (N-methyl/N-ethyl adjacent to an activating group) is 1. The van der Waals surface area contributed by atoms with Crippen molar-refractivity contribution in [3.63, 3.8) is 0 Å². The molecule has 0 aliphatic rings. The lowest BCUT2D eigenvalue weighted by Gasteiger charge is -2.28. The highest BCUT2D eigenvalue weighted by Gasteiger charge is 2.10. The average Bonchev–Trinajstić information content (AvgIpc) is 1.64. The highest BCUT2D eigenvalue weighted by atomic mass is 79.9. The summed E-state index contributed by atoms with van der Waals surface area (Å²) in [5.74, 6) is 0. The molecule has 0 saturated carbocycles. The van der Waals surface area contributed by atoms with E-state index in [1.165, 1.54) is 0 Å². The minimum absolute atomic E-state index is 0. The standard InChI is InChI=1S/C6H18N3.BrH/c1-9(2,5-3-7)6-4-8;/h3-8H2,1-2H3;1H/q+1;/p-1. The summed E-state index contributed by atoms with van der Waals surface area (Å²) in [6, 6.07) is 0. The Morgan fingerprint density at radius 1 is 1.00 bits per heavy atom. The first kappa shape index (κ1) is 13.0. The van der Waals surface area contributed by atoms with Crippen LogP contribution in [0.15, 0.2) is 0 Å². The predicted octanol–water partition coefficient (Wildman–Crippen LogP) is -4.02. The molecule has 4 N–H and O–H groups in total. The third-order valence-electron chi connectivity index (χ3n) is 1.47. The summed E-state index contributed by atoms with van der Waals surface area (Å²) in [5, 5.41) is 0. The van der Waals surface area contributed by atoms with Crippen molar-refractivity contribution >= 4 is 0 Å². The third kappa shape index (κ3) is 6.48. The highest BCUT2D eigenvalue weighted by molar-refractivity contribution is 4.36. The predicted molar refractivity (Wildman–Crippen MR) is 40.0 cm³/mol. The number of hydrogen-bond acceptors (Lipinski definition) is 2. The van der Waals surface area contributed by atoms with E-state index in [4.69, 9.17) is 11.5 Å². The molecule has 0 amide bonds. The first-order chi connectivity index (χ1) is 4.12. The van der Waals surface area contributed by atoms with E-state index in [1.54, 1.807) is 0 Å². The molecular formula is C6H18BrN3. The van der Waals surface area contributed by atoms with E-state index in [-0.39, 0.29) is 17.0 Å². The Morgan fingerprint density at radius 2 is 1.30 bits per heavy atom. The van der Waals surface area contributed by atoms with Gasteiger partial charge < -0.3 is 32.9 Å². The summed E-state index contributed by atoms with van der Waals surface area (Å²) in [5.41, 5.74) is 10.8. The highest BCUT2D eigenvalue weighted by Crippen LogP contribution is 1.91. The molecule has 0 aliphatic carbocycles. The maximum Gasteiger partial charge on any atom is 0.0907 e. The molecule has 3 nitrogen and oxygen atoms in total. The van der Waals surface area contributed by atoms with Crippen LogP contribution in [0.3, 0.4) is 0 Å². The van der Waals surface area contributed by atoms with Gasteiger partial charge in [0.25, 0.3) is 0 Å². The molecule has 0 atom stereocenters. The fourth-order valence-corrected chi connectivity index (χ4v) is 0.811. The molecule has 0 aromatic rings. The van der Waals surface area contributed by atoms with Gasteiger partial charge in [-0.1, -0.05) is 0 Å². The van der Waals surface area contributed by atoms with Crippen LogP contribution in [0.2, 0.25) is 0 Å². The van der Waals surface area contributed by atoms with Gasteiger partial charge in [-0.05, 0) is 0 Å². The molecule has 0 aliphatic heterocycles. The molecule has 0 spiro atoms. The molecule has 0 unspecified atom stereocenters. The number of rotatable bonds is 4. The van der Waals surface area contributed by atoms with Gasteiger partial charge in [0.15, 0.2) is 0 Å². The van der Waals surface area contributed by atoms with Crippen molar-refractivity contribution in [1.82, 2.24) is 0 Å². The summed E-state index contributed by atoms with van der Waals surface area (Å²) in [6.45, 7) is 3.51. The Kier molecular flexibility index (Phi) is 7.92. The first-order valence-corrected chi connectivity index (χ1v) is 3.34. The number of nitrogens with two attached hydrogens (primary N) is 2. The lowest BCUT2D eigenvalue weighted by atomic mass is 10.4. The zero-order valence-corrected chi connectivity index (χ0v) is 8.39. The Hall–Kier alpha value is 0.360. The van der Waals surface area contributed by atoms with Crippen LogP contribution in [0.5, 0.6) is 0 Å². The van der Waals surface area contributed by atoms with Gasteiger partial charge in [-0.2, -0.15) is 0 Å². The Bertz CT molecular complexity index is 67.4. The minimum atomic E-state index is 0. The molecule has 0 aromatic carbocycles. The molecule has 0 saturated heterocycles. The molecule has 0 radical (unpaired) electrons. The Balaban J connectivity index is 0. The van der Waals surface area contributed by atoms with Crippen molar-refractivity contribution in [3.05, 3.63) is 0 Å². The van der Waals surface area contributed by atoms with Crippen molar-refractivity contribution in [2.45, 2.75) is 0 Å². The maximum absolute atomic E-state index is 5.39. The van der Waals surface area contributed by atoms with Crippen molar-refractivity contribution in [1.29, 1.82) is 0 Å². The van der Waals surface area contributed by atoms with E-state index in [1.807, 2.05) is 0 Å². The Labute approximate surface area is 73.7 Å². The van der Waals surface area contributed by atoms with E-state index in [2.05, 4.69) is 14.1 Å². The summed E-state index contributed by atoms with van der Waals surface area (Å²) < 4.78 is 0.938. The van der Waals surface area contributed by atoms with Crippen LogP contribution >= 0.6 is 0 Å². The zero-order valence-electron chi connectivity index (χ0n) is 6.81. The third-order valence-corrected chi connectivity index (χ3v) is 1.47. The van der Waals surface area contributed by atoms with E-state index in [0.717, 1.165) is 30.7 Å². The van der Waals surface area contributed by atoms with Gasteiger partial charge in [0.1, 0.15) is 0 Å². The Morgan fingerprint density at radius 3 is 1.50 bits per heavy atom. The summed E-state index contributed by atoms with van der Waals surface area (Å²) in [6.07, 6.45) is 0. The van der Waals surface area contributed by atoms with Gasteiger partial charge in [-0.15, -0.1) is 0 Å².